The summed E-state index contributed by atoms with van der Waals surface area (Å²) < 4.78 is 18.9. The number of benzene rings is 2. The molecule has 0 N–H and O–H groups in total. The molecule has 0 amide bonds. The van der Waals surface area contributed by atoms with Gasteiger partial charge in [0.1, 0.15) is 11.4 Å². The molecule has 3 rings (SSSR count). The molecule has 2 aromatic rings. The summed E-state index contributed by atoms with van der Waals surface area (Å²) in [5.74, 6) is -0.467. The van der Waals surface area contributed by atoms with Crippen LogP contribution < -0.4 is 0 Å². The molecule has 0 spiro atoms. The predicted octanol–water partition coefficient (Wildman–Crippen LogP) is 4.73. The van der Waals surface area contributed by atoms with E-state index in [0.29, 0.717) is 18.4 Å². The highest BCUT2D eigenvalue weighted by Gasteiger charge is 2.39. The van der Waals surface area contributed by atoms with Crippen molar-refractivity contribution >= 4 is 11.8 Å². The van der Waals surface area contributed by atoms with Crippen LogP contribution in [0.3, 0.4) is 0 Å². The van der Waals surface area contributed by atoms with Gasteiger partial charge in [-0.1, -0.05) is 37.3 Å². The Labute approximate surface area is 171 Å². The zero-order valence-electron chi connectivity index (χ0n) is 16.9. The maximum absolute atomic E-state index is 13.0. The minimum Gasteiger partial charge on any atom is -0.454 e. The minimum absolute atomic E-state index is 0.0394. The van der Waals surface area contributed by atoms with Crippen LogP contribution in [0.15, 0.2) is 54.6 Å². The number of esters is 1. The molecule has 29 heavy (non-hydrogen) atoms. The number of nitrogens with zero attached hydrogens (tertiary/aromatic N) is 1. The van der Waals surface area contributed by atoms with Gasteiger partial charge >= 0.3 is 5.97 Å². The first-order chi connectivity index (χ1) is 14.0. The third kappa shape index (κ3) is 5.51. The van der Waals surface area contributed by atoms with Crippen molar-refractivity contribution in [1.82, 2.24) is 4.90 Å². The summed E-state index contributed by atoms with van der Waals surface area (Å²) in [6, 6.07) is 15.7. The molecule has 0 saturated carbocycles. The van der Waals surface area contributed by atoms with Crippen molar-refractivity contribution in [3.05, 3.63) is 71.5 Å². The molecule has 1 fully saturated rings. The molecule has 154 valence electrons. The lowest BCUT2D eigenvalue weighted by atomic mass is 9.84. The van der Waals surface area contributed by atoms with Crippen molar-refractivity contribution in [2.45, 2.75) is 44.6 Å². The van der Waals surface area contributed by atoms with E-state index >= 15 is 0 Å². The number of hydrogen-bond acceptors (Lipinski definition) is 4. The second-order valence-corrected chi connectivity index (χ2v) is 7.56. The number of ether oxygens (including phenoxy) is 1. The number of carbonyl (C=O) groups is 2. The second-order valence-electron chi connectivity index (χ2n) is 7.56. The number of rotatable bonds is 8. The van der Waals surface area contributed by atoms with E-state index in [9.17, 15) is 14.0 Å². The van der Waals surface area contributed by atoms with Gasteiger partial charge in [-0.15, -0.1) is 0 Å². The van der Waals surface area contributed by atoms with E-state index < -0.39 is 5.60 Å². The van der Waals surface area contributed by atoms with Crippen molar-refractivity contribution in [3.8, 4) is 0 Å². The minimum atomic E-state index is -0.561. The van der Waals surface area contributed by atoms with Crippen molar-refractivity contribution < 1.29 is 18.7 Å². The fraction of sp³-hybridized carbons (Fsp3) is 0.417. The quantitative estimate of drug-likeness (QED) is 0.477. The highest BCUT2D eigenvalue weighted by Crippen LogP contribution is 2.37. The summed E-state index contributed by atoms with van der Waals surface area (Å²) in [6.45, 7) is 4.26. The van der Waals surface area contributed by atoms with E-state index in [1.807, 2.05) is 37.3 Å². The maximum atomic E-state index is 13.0. The molecule has 1 aliphatic heterocycles. The molecule has 0 aliphatic carbocycles. The van der Waals surface area contributed by atoms with E-state index in [1.165, 1.54) is 24.3 Å². The Balaban J connectivity index is 1.53. The molecule has 0 atom stereocenters. The summed E-state index contributed by atoms with van der Waals surface area (Å²) in [5.41, 5.74) is 1.04. The standard InChI is InChI=1S/C24H28FNO3/c1-2-23(28)29-24(20-7-4-3-5-8-20)14-17-26(18-15-24)16-6-9-22(27)19-10-12-21(25)13-11-19/h3-5,7-8,10-13H,2,6,9,14-18H2,1H3. The van der Waals surface area contributed by atoms with Crippen LogP contribution in [0.5, 0.6) is 0 Å². The molecule has 2 aromatic carbocycles. The molecule has 0 aromatic heterocycles. The zero-order chi connectivity index (χ0) is 20.7. The number of likely N-dealkylation sites (tertiary alicyclic amines) is 1. The van der Waals surface area contributed by atoms with Gasteiger partial charge in [-0.2, -0.15) is 0 Å². The fourth-order valence-corrected chi connectivity index (χ4v) is 3.86. The Morgan fingerprint density at radius 2 is 1.69 bits per heavy atom. The first kappa shape index (κ1) is 21.2. The number of piperidine rings is 1. The summed E-state index contributed by atoms with van der Waals surface area (Å²) >= 11 is 0. The Kier molecular flexibility index (Phi) is 7.15. The molecule has 1 heterocycles. The van der Waals surface area contributed by atoms with Gasteiger partial charge in [-0.25, -0.2) is 4.39 Å². The second kappa shape index (κ2) is 9.79. The lowest BCUT2D eigenvalue weighted by Crippen LogP contribution is -2.45. The molecule has 0 unspecified atom stereocenters. The van der Waals surface area contributed by atoms with Crippen molar-refractivity contribution in [3.63, 3.8) is 0 Å². The van der Waals surface area contributed by atoms with Gasteiger partial charge in [0, 0.05) is 44.3 Å². The SMILES string of the molecule is CCC(=O)OC1(c2ccccc2)CCN(CCCC(=O)c2ccc(F)cc2)CC1. The van der Waals surface area contributed by atoms with E-state index in [-0.39, 0.29) is 17.6 Å². The molecule has 5 heteroatoms. The number of carbonyl (C=O) groups excluding carboxylic acids is 2. The van der Waals surface area contributed by atoms with Crippen LogP contribution in [0.1, 0.15) is 54.9 Å². The number of hydrogen-bond donors (Lipinski definition) is 0. The van der Waals surface area contributed by atoms with E-state index in [4.69, 9.17) is 4.74 Å². The van der Waals surface area contributed by atoms with Crippen molar-refractivity contribution in [1.29, 1.82) is 0 Å². The highest BCUT2D eigenvalue weighted by molar-refractivity contribution is 5.95. The lowest BCUT2D eigenvalue weighted by molar-refractivity contribution is -0.166. The third-order valence-corrected chi connectivity index (χ3v) is 5.61. The number of Topliss-reactive ketones (excluding diaryl/α,β-unsaturated/α-hetero) is 1. The average molecular weight is 397 g/mol. The highest BCUT2D eigenvalue weighted by atomic mass is 19.1. The van der Waals surface area contributed by atoms with Crippen LogP contribution in [-0.4, -0.2) is 36.3 Å². The molecular formula is C24H28FNO3. The predicted molar refractivity (Wildman–Crippen MR) is 110 cm³/mol. The van der Waals surface area contributed by atoms with Crippen LogP contribution in [-0.2, 0) is 15.1 Å². The molecule has 1 saturated heterocycles. The summed E-state index contributed by atoms with van der Waals surface area (Å²) in [7, 11) is 0. The summed E-state index contributed by atoms with van der Waals surface area (Å²) in [4.78, 5) is 26.6. The van der Waals surface area contributed by atoms with Gasteiger partial charge in [0.25, 0.3) is 0 Å². The van der Waals surface area contributed by atoms with Crippen LogP contribution in [0, 0.1) is 5.82 Å². The Morgan fingerprint density at radius 1 is 1.03 bits per heavy atom. The number of halogens is 1. The summed E-state index contributed by atoms with van der Waals surface area (Å²) in [6.07, 6.45) is 3.05. The Hall–Kier alpha value is -2.53. The molecular weight excluding hydrogens is 369 g/mol. The molecule has 0 radical (unpaired) electrons. The molecule has 4 nitrogen and oxygen atoms in total. The van der Waals surface area contributed by atoms with Crippen LogP contribution >= 0.6 is 0 Å². The first-order valence-corrected chi connectivity index (χ1v) is 10.3. The zero-order valence-corrected chi connectivity index (χ0v) is 16.9. The number of ketones is 1. The maximum Gasteiger partial charge on any atom is 0.306 e. The smallest absolute Gasteiger partial charge is 0.306 e. The first-order valence-electron chi connectivity index (χ1n) is 10.3. The van der Waals surface area contributed by atoms with Crippen molar-refractivity contribution in [2.75, 3.05) is 19.6 Å². The fourth-order valence-electron chi connectivity index (χ4n) is 3.86. The van der Waals surface area contributed by atoms with E-state index in [0.717, 1.165) is 44.5 Å². The van der Waals surface area contributed by atoms with Gasteiger partial charge in [-0.05, 0) is 42.8 Å². The van der Waals surface area contributed by atoms with Crippen molar-refractivity contribution in [2.24, 2.45) is 0 Å². The topological polar surface area (TPSA) is 46.6 Å². The van der Waals surface area contributed by atoms with Gasteiger partial charge in [-0.3, -0.25) is 9.59 Å². The molecule has 0 bridgehead atoms. The van der Waals surface area contributed by atoms with E-state index in [2.05, 4.69) is 4.90 Å². The van der Waals surface area contributed by atoms with E-state index in [1.54, 1.807) is 0 Å². The largest absolute Gasteiger partial charge is 0.454 e. The van der Waals surface area contributed by atoms with Crippen LogP contribution in [0.4, 0.5) is 4.39 Å². The Morgan fingerprint density at radius 3 is 2.31 bits per heavy atom. The normalized spacial score (nSPS) is 16.3. The molecule has 1 aliphatic rings. The van der Waals surface area contributed by atoms with Gasteiger partial charge in [0.15, 0.2) is 5.78 Å². The van der Waals surface area contributed by atoms with Gasteiger partial charge in [0.05, 0.1) is 0 Å². The Bertz CT molecular complexity index is 812. The third-order valence-electron chi connectivity index (χ3n) is 5.61. The monoisotopic (exact) mass is 397 g/mol. The average Bonchev–Trinajstić information content (AvgIpc) is 2.76. The van der Waals surface area contributed by atoms with Gasteiger partial charge < -0.3 is 9.64 Å². The van der Waals surface area contributed by atoms with Gasteiger partial charge in [0.2, 0.25) is 0 Å². The summed E-state index contributed by atoms with van der Waals surface area (Å²) in [5, 5.41) is 0. The lowest BCUT2D eigenvalue weighted by Gasteiger charge is -2.41. The van der Waals surface area contributed by atoms with Crippen LogP contribution in [0.25, 0.3) is 0 Å². The van der Waals surface area contributed by atoms with Crippen LogP contribution in [0.2, 0.25) is 0 Å².